The molecule has 108 valence electrons. The van der Waals surface area contributed by atoms with Crippen molar-refractivity contribution in [3.8, 4) is 0 Å². The molecular weight excluding hydrogens is 348 g/mol. The molecule has 1 fully saturated rings. The van der Waals surface area contributed by atoms with E-state index in [9.17, 15) is 9.59 Å². The highest BCUT2D eigenvalue weighted by atomic mass is 79.9. The smallest absolute Gasteiger partial charge is 0.319 e. The first-order chi connectivity index (χ1) is 9.45. The number of anilines is 1. The molecule has 2 rings (SSSR count). The van der Waals surface area contributed by atoms with Gasteiger partial charge in [0.25, 0.3) is 0 Å². The minimum atomic E-state index is -0.796. The number of urea groups is 1. The second kappa shape index (κ2) is 6.45. The molecule has 1 aliphatic rings. The quantitative estimate of drug-likeness (QED) is 0.771. The summed E-state index contributed by atoms with van der Waals surface area (Å²) in [5, 5.41) is 15.0. The minimum absolute atomic E-state index is 0.0952. The molecule has 1 aromatic carbocycles. The Labute approximate surface area is 129 Å². The van der Waals surface area contributed by atoms with E-state index in [1.54, 1.807) is 18.2 Å². The monoisotopic (exact) mass is 360 g/mol. The zero-order chi connectivity index (χ0) is 14.7. The topological polar surface area (TPSA) is 78.4 Å². The third-order valence-electron chi connectivity index (χ3n) is 3.30. The van der Waals surface area contributed by atoms with Gasteiger partial charge in [0.1, 0.15) is 0 Å². The van der Waals surface area contributed by atoms with Crippen molar-refractivity contribution < 1.29 is 14.7 Å². The summed E-state index contributed by atoms with van der Waals surface area (Å²) in [6.07, 6.45) is 1.77. The Morgan fingerprint density at radius 1 is 1.35 bits per heavy atom. The summed E-state index contributed by atoms with van der Waals surface area (Å²) >= 11 is 9.14. The molecule has 3 N–H and O–H groups in total. The Hall–Kier alpha value is -1.27. The average Bonchev–Trinajstić information content (AvgIpc) is 2.81. The third kappa shape index (κ3) is 3.86. The van der Waals surface area contributed by atoms with Crippen LogP contribution in [0.4, 0.5) is 10.5 Å². The zero-order valence-electron chi connectivity index (χ0n) is 10.5. The van der Waals surface area contributed by atoms with Crippen LogP contribution in [0.25, 0.3) is 0 Å². The van der Waals surface area contributed by atoms with Gasteiger partial charge in [-0.05, 0) is 53.4 Å². The van der Waals surface area contributed by atoms with Crippen LogP contribution in [0.2, 0.25) is 5.02 Å². The second-order valence-corrected chi connectivity index (χ2v) is 6.06. The normalized spacial score (nSPS) is 21.5. The van der Waals surface area contributed by atoms with Gasteiger partial charge in [0.05, 0.1) is 11.6 Å². The van der Waals surface area contributed by atoms with Crippen LogP contribution >= 0.6 is 27.5 Å². The van der Waals surface area contributed by atoms with E-state index in [0.29, 0.717) is 34.4 Å². The summed E-state index contributed by atoms with van der Waals surface area (Å²) in [7, 11) is 0. The number of carboxylic acids is 1. The van der Waals surface area contributed by atoms with Crippen molar-refractivity contribution >= 4 is 45.2 Å². The van der Waals surface area contributed by atoms with Crippen LogP contribution in [-0.4, -0.2) is 23.1 Å². The summed E-state index contributed by atoms with van der Waals surface area (Å²) in [6, 6.07) is 4.62. The summed E-state index contributed by atoms with van der Waals surface area (Å²) in [6.45, 7) is 0. The maximum atomic E-state index is 11.9. The van der Waals surface area contributed by atoms with E-state index in [0.717, 1.165) is 0 Å². The van der Waals surface area contributed by atoms with Gasteiger partial charge in [0, 0.05) is 15.5 Å². The largest absolute Gasteiger partial charge is 0.481 e. The molecule has 0 unspecified atom stereocenters. The van der Waals surface area contributed by atoms with Gasteiger partial charge in [-0.2, -0.15) is 0 Å². The fourth-order valence-electron chi connectivity index (χ4n) is 2.27. The number of rotatable bonds is 3. The lowest BCUT2D eigenvalue weighted by molar-refractivity contribution is -0.141. The predicted octanol–water partition coefficient (Wildman–Crippen LogP) is 3.48. The van der Waals surface area contributed by atoms with Crippen molar-refractivity contribution in [2.45, 2.75) is 25.3 Å². The van der Waals surface area contributed by atoms with Crippen LogP contribution < -0.4 is 10.6 Å². The molecule has 0 aromatic heterocycles. The summed E-state index contributed by atoms with van der Waals surface area (Å²) in [5.41, 5.74) is 0.611. The highest BCUT2D eigenvalue weighted by Crippen LogP contribution is 2.27. The molecule has 2 amide bonds. The van der Waals surface area contributed by atoms with Crippen molar-refractivity contribution in [2.75, 3.05) is 5.32 Å². The van der Waals surface area contributed by atoms with Gasteiger partial charge >= 0.3 is 12.0 Å². The number of carboxylic acid groups (broad SMARTS) is 1. The molecule has 1 saturated carbocycles. The zero-order valence-corrected chi connectivity index (χ0v) is 12.9. The Morgan fingerprint density at radius 2 is 2.10 bits per heavy atom. The Kier molecular flexibility index (Phi) is 4.88. The van der Waals surface area contributed by atoms with E-state index in [2.05, 4.69) is 26.6 Å². The Balaban J connectivity index is 1.88. The predicted molar refractivity (Wildman–Crippen MR) is 80.1 cm³/mol. The van der Waals surface area contributed by atoms with E-state index in [-0.39, 0.29) is 18.0 Å². The number of halogens is 2. The van der Waals surface area contributed by atoms with Gasteiger partial charge in [-0.25, -0.2) is 4.79 Å². The van der Waals surface area contributed by atoms with Crippen LogP contribution in [0.1, 0.15) is 19.3 Å². The lowest BCUT2D eigenvalue weighted by atomic mass is 10.1. The van der Waals surface area contributed by atoms with Crippen LogP contribution in [0.3, 0.4) is 0 Å². The molecule has 1 aliphatic carbocycles. The second-order valence-electron chi connectivity index (χ2n) is 4.77. The van der Waals surface area contributed by atoms with Crippen molar-refractivity contribution in [1.29, 1.82) is 0 Å². The molecule has 0 radical (unpaired) electrons. The van der Waals surface area contributed by atoms with Gasteiger partial charge < -0.3 is 15.7 Å². The Bertz CT molecular complexity index is 538. The van der Waals surface area contributed by atoms with Crippen LogP contribution in [-0.2, 0) is 4.79 Å². The van der Waals surface area contributed by atoms with E-state index in [1.807, 2.05) is 0 Å². The maximum absolute atomic E-state index is 11.9. The van der Waals surface area contributed by atoms with Gasteiger partial charge in [0.15, 0.2) is 0 Å². The van der Waals surface area contributed by atoms with Crippen molar-refractivity contribution in [3.05, 3.63) is 27.7 Å². The van der Waals surface area contributed by atoms with Gasteiger partial charge in [-0.1, -0.05) is 11.6 Å². The van der Waals surface area contributed by atoms with E-state index in [1.165, 1.54) is 0 Å². The fourth-order valence-corrected chi connectivity index (χ4v) is 3.05. The SMILES string of the molecule is O=C(Nc1ccc(Cl)cc1Br)N[C@H]1CC[C@@H](C(=O)O)C1. The van der Waals surface area contributed by atoms with E-state index >= 15 is 0 Å². The number of carbonyl (C=O) groups is 2. The minimum Gasteiger partial charge on any atom is -0.481 e. The lowest BCUT2D eigenvalue weighted by Crippen LogP contribution is -2.36. The summed E-state index contributed by atoms with van der Waals surface area (Å²) in [5.74, 6) is -1.15. The lowest BCUT2D eigenvalue weighted by Gasteiger charge is -2.14. The number of aliphatic carboxylic acids is 1. The first kappa shape index (κ1) is 15.1. The highest BCUT2D eigenvalue weighted by molar-refractivity contribution is 9.10. The molecule has 5 nitrogen and oxygen atoms in total. The molecule has 0 bridgehead atoms. The number of nitrogens with one attached hydrogen (secondary N) is 2. The van der Waals surface area contributed by atoms with Gasteiger partial charge in [-0.15, -0.1) is 0 Å². The maximum Gasteiger partial charge on any atom is 0.319 e. The molecule has 7 heteroatoms. The van der Waals surface area contributed by atoms with Gasteiger partial charge in [0.2, 0.25) is 0 Å². The fraction of sp³-hybridized carbons (Fsp3) is 0.385. The summed E-state index contributed by atoms with van der Waals surface area (Å²) < 4.78 is 0.690. The number of hydrogen-bond acceptors (Lipinski definition) is 2. The number of hydrogen-bond donors (Lipinski definition) is 3. The number of carbonyl (C=O) groups excluding carboxylic acids is 1. The highest BCUT2D eigenvalue weighted by Gasteiger charge is 2.30. The first-order valence-electron chi connectivity index (χ1n) is 6.21. The van der Waals surface area contributed by atoms with Crippen molar-refractivity contribution in [2.24, 2.45) is 5.92 Å². The molecule has 0 aliphatic heterocycles. The molecule has 20 heavy (non-hydrogen) atoms. The number of benzene rings is 1. The molecule has 1 aromatic rings. The van der Waals surface area contributed by atoms with Crippen molar-refractivity contribution in [3.63, 3.8) is 0 Å². The molecule has 2 atom stereocenters. The first-order valence-corrected chi connectivity index (χ1v) is 7.38. The van der Waals surface area contributed by atoms with E-state index < -0.39 is 5.97 Å². The average molecular weight is 362 g/mol. The molecule has 0 heterocycles. The van der Waals surface area contributed by atoms with Crippen molar-refractivity contribution in [1.82, 2.24) is 5.32 Å². The van der Waals surface area contributed by atoms with Crippen LogP contribution in [0.15, 0.2) is 22.7 Å². The van der Waals surface area contributed by atoms with Crippen LogP contribution in [0.5, 0.6) is 0 Å². The number of amides is 2. The molecule has 0 spiro atoms. The van der Waals surface area contributed by atoms with Gasteiger partial charge in [-0.3, -0.25) is 4.79 Å². The summed E-state index contributed by atoms with van der Waals surface area (Å²) in [4.78, 5) is 22.7. The van der Waals surface area contributed by atoms with E-state index in [4.69, 9.17) is 16.7 Å². The molecular formula is C13H14BrClN2O3. The molecule has 0 saturated heterocycles. The third-order valence-corrected chi connectivity index (χ3v) is 4.19. The Morgan fingerprint density at radius 3 is 2.70 bits per heavy atom. The standard InChI is InChI=1S/C13H14BrClN2O3/c14-10-6-8(15)2-4-11(10)17-13(20)16-9-3-1-7(5-9)12(18)19/h2,4,6-7,9H,1,3,5H2,(H,18,19)(H2,16,17,20)/t7-,9+/m1/s1. The van der Waals surface area contributed by atoms with Crippen LogP contribution in [0, 0.1) is 5.92 Å².